The minimum Gasteiger partial charge on any atom is -0.382 e. The summed E-state index contributed by atoms with van der Waals surface area (Å²) in [4.78, 5) is 4.41. The van der Waals surface area contributed by atoms with Gasteiger partial charge in [-0.3, -0.25) is 0 Å². The van der Waals surface area contributed by atoms with Gasteiger partial charge in [0.1, 0.15) is 5.82 Å². The predicted octanol–water partition coefficient (Wildman–Crippen LogP) is 2.32. The van der Waals surface area contributed by atoms with E-state index >= 15 is 0 Å². The Morgan fingerprint density at radius 1 is 1.13 bits per heavy atom. The minimum absolute atomic E-state index is 0.222. The second-order valence-electron chi connectivity index (χ2n) is 5.03. The van der Waals surface area contributed by atoms with Crippen LogP contribution in [0, 0.1) is 5.82 Å². The van der Waals surface area contributed by atoms with Gasteiger partial charge in [-0.25, -0.2) is 9.38 Å². The van der Waals surface area contributed by atoms with E-state index in [1.165, 1.54) is 6.07 Å². The van der Waals surface area contributed by atoms with Gasteiger partial charge in [-0.2, -0.15) is 0 Å². The maximum atomic E-state index is 13.6. The molecule has 130 valence electrons. The summed E-state index contributed by atoms with van der Waals surface area (Å²) in [5.41, 5.74) is 0.594. The monoisotopic (exact) mass is 325 g/mol. The number of halogens is 1. The smallest absolute Gasteiger partial charge is 0.191 e. The lowest BCUT2D eigenvalue weighted by Crippen LogP contribution is -2.37. The quantitative estimate of drug-likeness (QED) is 0.372. The molecule has 0 spiro atoms. The van der Waals surface area contributed by atoms with Crippen molar-refractivity contribution in [2.24, 2.45) is 4.99 Å². The zero-order valence-electron chi connectivity index (χ0n) is 14.1. The van der Waals surface area contributed by atoms with E-state index in [1.807, 2.05) is 13.0 Å². The summed E-state index contributed by atoms with van der Waals surface area (Å²) in [7, 11) is 1.66. The molecule has 0 fully saturated rings. The summed E-state index contributed by atoms with van der Waals surface area (Å²) in [6, 6.07) is 6.70. The van der Waals surface area contributed by atoms with Gasteiger partial charge in [0.15, 0.2) is 5.96 Å². The lowest BCUT2D eigenvalue weighted by Gasteiger charge is -2.11. The first kappa shape index (κ1) is 19.4. The van der Waals surface area contributed by atoms with E-state index in [1.54, 1.807) is 19.2 Å². The van der Waals surface area contributed by atoms with Gasteiger partial charge in [-0.1, -0.05) is 18.2 Å². The van der Waals surface area contributed by atoms with Gasteiger partial charge in [0.25, 0.3) is 0 Å². The zero-order chi connectivity index (χ0) is 16.8. The van der Waals surface area contributed by atoms with Crippen LogP contribution in [-0.2, 0) is 16.0 Å². The number of hydrogen-bond donors (Lipinski definition) is 2. The normalized spacial score (nSPS) is 11.5. The fourth-order valence-corrected chi connectivity index (χ4v) is 1.91. The summed E-state index contributed by atoms with van der Waals surface area (Å²) < 4.78 is 23.9. The van der Waals surface area contributed by atoms with Crippen molar-refractivity contribution in [3.8, 4) is 0 Å². The molecule has 6 heteroatoms. The average molecular weight is 325 g/mol. The molecule has 0 saturated heterocycles. The Labute approximate surface area is 138 Å². The topological polar surface area (TPSA) is 54.9 Å². The van der Waals surface area contributed by atoms with Crippen molar-refractivity contribution in [2.75, 3.05) is 40.0 Å². The summed E-state index contributed by atoms with van der Waals surface area (Å²) in [6.45, 7) is 5.89. The molecular formula is C17H28FN3O2. The van der Waals surface area contributed by atoms with Crippen LogP contribution < -0.4 is 10.6 Å². The molecule has 0 aliphatic heterocycles. The average Bonchev–Trinajstić information content (AvgIpc) is 2.56. The third kappa shape index (κ3) is 9.15. The van der Waals surface area contributed by atoms with Crippen LogP contribution in [0.5, 0.6) is 0 Å². The molecule has 1 rings (SSSR count). The van der Waals surface area contributed by atoms with Crippen molar-refractivity contribution < 1.29 is 13.9 Å². The van der Waals surface area contributed by atoms with E-state index < -0.39 is 0 Å². The van der Waals surface area contributed by atoms with E-state index in [4.69, 9.17) is 9.47 Å². The third-order valence-electron chi connectivity index (χ3n) is 3.15. The van der Waals surface area contributed by atoms with Crippen LogP contribution in [0.2, 0.25) is 0 Å². The van der Waals surface area contributed by atoms with Gasteiger partial charge in [0.05, 0.1) is 19.8 Å². The zero-order valence-corrected chi connectivity index (χ0v) is 14.1. The van der Waals surface area contributed by atoms with Gasteiger partial charge in [0.2, 0.25) is 0 Å². The fourth-order valence-electron chi connectivity index (χ4n) is 1.91. The molecule has 0 amide bonds. The van der Waals surface area contributed by atoms with Gasteiger partial charge in [-0.05, 0) is 25.8 Å². The number of hydrogen-bond acceptors (Lipinski definition) is 3. The summed E-state index contributed by atoms with van der Waals surface area (Å²) in [5, 5.41) is 6.41. The Kier molecular flexibility index (Phi) is 10.8. The Balaban J connectivity index is 2.26. The van der Waals surface area contributed by atoms with Crippen LogP contribution in [0.4, 0.5) is 4.39 Å². The fraction of sp³-hybridized carbons (Fsp3) is 0.588. The highest BCUT2D eigenvalue weighted by Crippen LogP contribution is 2.07. The van der Waals surface area contributed by atoms with Gasteiger partial charge in [-0.15, -0.1) is 0 Å². The van der Waals surface area contributed by atoms with Crippen molar-refractivity contribution in [2.45, 2.75) is 26.3 Å². The van der Waals surface area contributed by atoms with E-state index in [-0.39, 0.29) is 5.82 Å². The number of unbranched alkanes of at least 4 members (excludes halogenated alkanes) is 1. The SMILES string of the molecule is CCNC(=NCc1ccccc1F)NCCCCOCCOC. The molecule has 23 heavy (non-hydrogen) atoms. The molecule has 0 aromatic heterocycles. The predicted molar refractivity (Wildman–Crippen MR) is 91.1 cm³/mol. The van der Waals surface area contributed by atoms with Crippen molar-refractivity contribution in [1.82, 2.24) is 10.6 Å². The maximum Gasteiger partial charge on any atom is 0.191 e. The molecule has 0 aliphatic rings. The molecule has 0 aliphatic carbocycles. The van der Waals surface area contributed by atoms with Gasteiger partial charge < -0.3 is 20.1 Å². The molecule has 0 atom stereocenters. The van der Waals surface area contributed by atoms with Crippen LogP contribution in [-0.4, -0.2) is 46.0 Å². The summed E-state index contributed by atoms with van der Waals surface area (Å²) in [5.74, 6) is 0.483. The van der Waals surface area contributed by atoms with E-state index in [9.17, 15) is 4.39 Å². The number of methoxy groups -OCH3 is 1. The molecule has 0 heterocycles. The molecule has 0 radical (unpaired) electrons. The summed E-state index contributed by atoms with van der Waals surface area (Å²) >= 11 is 0. The first-order chi connectivity index (χ1) is 11.3. The Bertz CT molecular complexity index is 455. The molecular weight excluding hydrogens is 297 g/mol. The first-order valence-corrected chi connectivity index (χ1v) is 8.10. The Morgan fingerprint density at radius 2 is 1.96 bits per heavy atom. The second kappa shape index (κ2) is 12.8. The van der Waals surface area contributed by atoms with E-state index in [0.29, 0.717) is 31.3 Å². The lowest BCUT2D eigenvalue weighted by atomic mass is 10.2. The summed E-state index contributed by atoms with van der Waals surface area (Å²) in [6.07, 6.45) is 1.96. The molecule has 0 bridgehead atoms. The largest absolute Gasteiger partial charge is 0.382 e. The second-order valence-corrected chi connectivity index (χ2v) is 5.03. The van der Waals surface area contributed by atoms with Gasteiger partial charge in [0, 0.05) is 32.4 Å². The standard InChI is InChI=1S/C17H28FN3O2/c1-3-19-17(20-10-6-7-11-23-13-12-22-2)21-14-15-8-4-5-9-16(15)18/h4-5,8-9H,3,6-7,10-14H2,1-2H3,(H2,19,20,21). The van der Waals surface area contributed by atoms with Crippen LogP contribution in [0.25, 0.3) is 0 Å². The third-order valence-corrected chi connectivity index (χ3v) is 3.15. The Morgan fingerprint density at radius 3 is 2.70 bits per heavy atom. The molecule has 1 aromatic carbocycles. The van der Waals surface area contributed by atoms with Crippen molar-refractivity contribution in [3.05, 3.63) is 35.6 Å². The van der Waals surface area contributed by atoms with Crippen LogP contribution in [0.15, 0.2) is 29.3 Å². The Hall–Kier alpha value is -1.66. The number of benzene rings is 1. The number of nitrogens with one attached hydrogen (secondary N) is 2. The molecule has 0 saturated carbocycles. The van der Waals surface area contributed by atoms with Crippen LogP contribution in [0.3, 0.4) is 0 Å². The maximum absolute atomic E-state index is 13.6. The highest BCUT2D eigenvalue weighted by Gasteiger charge is 2.01. The molecule has 0 unspecified atom stereocenters. The number of guanidine groups is 1. The number of nitrogens with zero attached hydrogens (tertiary/aromatic N) is 1. The molecule has 2 N–H and O–H groups in total. The van der Waals surface area contributed by atoms with Crippen molar-refractivity contribution >= 4 is 5.96 Å². The number of aliphatic imine (C=N–C) groups is 1. The van der Waals surface area contributed by atoms with Gasteiger partial charge >= 0.3 is 0 Å². The molecule has 1 aromatic rings. The minimum atomic E-state index is -0.222. The van der Waals surface area contributed by atoms with Crippen LogP contribution >= 0.6 is 0 Å². The molecule has 5 nitrogen and oxygen atoms in total. The number of ether oxygens (including phenoxy) is 2. The first-order valence-electron chi connectivity index (χ1n) is 8.10. The number of rotatable bonds is 11. The highest BCUT2D eigenvalue weighted by atomic mass is 19.1. The van der Waals surface area contributed by atoms with E-state index in [0.717, 1.165) is 32.5 Å². The highest BCUT2D eigenvalue weighted by molar-refractivity contribution is 5.79. The van der Waals surface area contributed by atoms with Crippen LogP contribution in [0.1, 0.15) is 25.3 Å². The van der Waals surface area contributed by atoms with Crippen molar-refractivity contribution in [1.29, 1.82) is 0 Å². The van der Waals surface area contributed by atoms with E-state index in [2.05, 4.69) is 15.6 Å². The van der Waals surface area contributed by atoms with Crippen molar-refractivity contribution in [3.63, 3.8) is 0 Å². The lowest BCUT2D eigenvalue weighted by molar-refractivity contribution is 0.0689.